The summed E-state index contributed by atoms with van der Waals surface area (Å²) in [6.45, 7) is 10.7. The van der Waals surface area contributed by atoms with Gasteiger partial charge in [0.05, 0.1) is 5.54 Å². The lowest BCUT2D eigenvalue weighted by Gasteiger charge is -2.39. The number of nitrogens with zero attached hydrogens (tertiary/aromatic N) is 4. The van der Waals surface area contributed by atoms with Gasteiger partial charge in [-0.25, -0.2) is 9.50 Å². The minimum Gasteiger partial charge on any atom is -0.314 e. The Hall–Kier alpha value is -1.46. The summed E-state index contributed by atoms with van der Waals surface area (Å²) in [6.07, 6.45) is 1.98. The van der Waals surface area contributed by atoms with Crippen LogP contribution in [0, 0.1) is 6.92 Å². The quantitative estimate of drug-likeness (QED) is 0.879. The molecule has 0 amide bonds. The van der Waals surface area contributed by atoms with Gasteiger partial charge in [0, 0.05) is 32.4 Å². The molecule has 2 aromatic rings. The molecule has 1 fully saturated rings. The van der Waals surface area contributed by atoms with Crippen LogP contribution in [-0.2, 0) is 5.54 Å². The largest absolute Gasteiger partial charge is 0.314 e. The number of aromatic nitrogens is 3. The van der Waals surface area contributed by atoms with Crippen LogP contribution in [0.15, 0.2) is 18.3 Å². The van der Waals surface area contributed by atoms with Crippen molar-refractivity contribution in [2.75, 3.05) is 26.2 Å². The Morgan fingerprint density at radius 2 is 2.00 bits per heavy atom. The number of hydrogen-bond acceptors (Lipinski definition) is 4. The normalized spacial score (nSPS) is 18.1. The van der Waals surface area contributed by atoms with Gasteiger partial charge in [-0.3, -0.25) is 4.90 Å². The number of aryl methyl sites for hydroxylation is 1. The van der Waals surface area contributed by atoms with Gasteiger partial charge in [0.1, 0.15) is 0 Å². The van der Waals surface area contributed by atoms with Crippen LogP contribution in [0.25, 0.3) is 5.65 Å². The van der Waals surface area contributed by atoms with E-state index in [2.05, 4.69) is 48.2 Å². The maximum absolute atomic E-state index is 4.71. The third-order valence-corrected chi connectivity index (χ3v) is 3.95. The fourth-order valence-electron chi connectivity index (χ4n) is 2.61. The molecule has 0 radical (unpaired) electrons. The number of piperazine rings is 1. The zero-order valence-electron chi connectivity index (χ0n) is 11.8. The van der Waals surface area contributed by atoms with Gasteiger partial charge in [-0.05, 0) is 38.5 Å². The Labute approximate surface area is 113 Å². The van der Waals surface area contributed by atoms with Crippen molar-refractivity contribution in [2.45, 2.75) is 26.3 Å². The fraction of sp³-hybridized carbons (Fsp3) is 0.571. The van der Waals surface area contributed by atoms with E-state index in [-0.39, 0.29) is 5.54 Å². The van der Waals surface area contributed by atoms with E-state index in [4.69, 9.17) is 4.98 Å². The van der Waals surface area contributed by atoms with Crippen molar-refractivity contribution in [1.82, 2.24) is 24.8 Å². The second-order valence-electron chi connectivity index (χ2n) is 5.74. The predicted octanol–water partition coefficient (Wildman–Crippen LogP) is 1.18. The molecule has 3 heterocycles. The van der Waals surface area contributed by atoms with E-state index in [1.165, 1.54) is 5.56 Å². The van der Waals surface area contributed by atoms with Gasteiger partial charge in [-0.2, -0.15) is 0 Å². The van der Waals surface area contributed by atoms with Crippen molar-refractivity contribution in [3.63, 3.8) is 0 Å². The maximum atomic E-state index is 4.71. The summed E-state index contributed by atoms with van der Waals surface area (Å²) in [5.41, 5.74) is 2.02. The summed E-state index contributed by atoms with van der Waals surface area (Å²) in [6, 6.07) is 4.13. The smallest absolute Gasteiger partial charge is 0.171 e. The lowest BCUT2D eigenvalue weighted by atomic mass is 10.0. The van der Waals surface area contributed by atoms with Crippen molar-refractivity contribution < 1.29 is 0 Å². The molecule has 0 bridgehead atoms. The molecule has 1 N–H and O–H groups in total. The molecule has 5 nitrogen and oxygen atoms in total. The Morgan fingerprint density at radius 3 is 2.74 bits per heavy atom. The Balaban J connectivity index is 1.97. The minimum absolute atomic E-state index is 0.123. The average Bonchev–Trinajstić information content (AvgIpc) is 2.83. The highest BCUT2D eigenvalue weighted by atomic mass is 15.3. The van der Waals surface area contributed by atoms with E-state index in [9.17, 15) is 0 Å². The van der Waals surface area contributed by atoms with Crippen LogP contribution in [-0.4, -0.2) is 45.7 Å². The molecule has 2 aromatic heterocycles. The third kappa shape index (κ3) is 2.24. The Bertz CT molecular complexity index is 581. The summed E-state index contributed by atoms with van der Waals surface area (Å²) in [7, 11) is 0. The van der Waals surface area contributed by atoms with Crippen LogP contribution in [0.3, 0.4) is 0 Å². The summed E-state index contributed by atoms with van der Waals surface area (Å²) in [5, 5.41) is 8.03. The highest BCUT2D eigenvalue weighted by Crippen LogP contribution is 2.25. The molecule has 0 unspecified atom stereocenters. The van der Waals surface area contributed by atoms with Crippen LogP contribution in [0.4, 0.5) is 0 Å². The zero-order chi connectivity index (χ0) is 13.5. The lowest BCUT2D eigenvalue weighted by molar-refractivity contribution is 0.0950. The van der Waals surface area contributed by atoms with E-state index in [1.807, 2.05) is 10.7 Å². The van der Waals surface area contributed by atoms with Crippen molar-refractivity contribution in [2.24, 2.45) is 0 Å². The Kier molecular flexibility index (Phi) is 3.03. The molecule has 0 saturated carbocycles. The maximum Gasteiger partial charge on any atom is 0.171 e. The van der Waals surface area contributed by atoms with E-state index >= 15 is 0 Å². The molecule has 0 aliphatic carbocycles. The van der Waals surface area contributed by atoms with E-state index in [0.717, 1.165) is 37.7 Å². The number of hydrogen-bond donors (Lipinski definition) is 1. The highest BCUT2D eigenvalue weighted by molar-refractivity contribution is 5.40. The van der Waals surface area contributed by atoms with Gasteiger partial charge in [0.25, 0.3) is 0 Å². The van der Waals surface area contributed by atoms with Gasteiger partial charge < -0.3 is 5.32 Å². The third-order valence-electron chi connectivity index (χ3n) is 3.95. The lowest BCUT2D eigenvalue weighted by Crippen LogP contribution is -2.52. The first-order valence-corrected chi connectivity index (χ1v) is 6.87. The van der Waals surface area contributed by atoms with Crippen molar-refractivity contribution >= 4 is 5.65 Å². The second kappa shape index (κ2) is 4.58. The molecular weight excluding hydrogens is 238 g/mol. The highest BCUT2D eigenvalue weighted by Gasteiger charge is 2.33. The van der Waals surface area contributed by atoms with Crippen LogP contribution in [0.2, 0.25) is 0 Å². The molecule has 0 atom stereocenters. The van der Waals surface area contributed by atoms with Gasteiger partial charge in [0.15, 0.2) is 11.5 Å². The topological polar surface area (TPSA) is 45.5 Å². The van der Waals surface area contributed by atoms with Gasteiger partial charge in [-0.15, -0.1) is 5.10 Å². The molecule has 1 aliphatic heterocycles. The van der Waals surface area contributed by atoms with Crippen molar-refractivity contribution in [3.05, 3.63) is 29.7 Å². The number of pyridine rings is 1. The minimum atomic E-state index is -0.123. The van der Waals surface area contributed by atoms with Gasteiger partial charge in [0.2, 0.25) is 0 Å². The average molecular weight is 259 g/mol. The molecule has 3 rings (SSSR count). The van der Waals surface area contributed by atoms with Crippen molar-refractivity contribution in [1.29, 1.82) is 0 Å². The summed E-state index contributed by atoms with van der Waals surface area (Å²) < 4.78 is 1.87. The van der Waals surface area contributed by atoms with E-state index < -0.39 is 0 Å². The van der Waals surface area contributed by atoms with Crippen LogP contribution in [0.1, 0.15) is 25.2 Å². The molecule has 19 heavy (non-hydrogen) atoms. The SMILES string of the molecule is Cc1ccn2nc(C(C)(C)N3CCNCC3)nc2c1. The first-order chi connectivity index (χ1) is 9.07. The fourth-order valence-corrected chi connectivity index (χ4v) is 2.61. The molecule has 0 spiro atoms. The van der Waals surface area contributed by atoms with E-state index in [1.54, 1.807) is 0 Å². The molecule has 102 valence electrons. The molecule has 1 aliphatic rings. The zero-order valence-corrected chi connectivity index (χ0v) is 11.8. The van der Waals surface area contributed by atoms with Crippen LogP contribution in [0.5, 0.6) is 0 Å². The first-order valence-electron chi connectivity index (χ1n) is 6.87. The van der Waals surface area contributed by atoms with Crippen LogP contribution < -0.4 is 5.32 Å². The molecule has 5 heteroatoms. The monoisotopic (exact) mass is 259 g/mol. The molecular formula is C14H21N5. The van der Waals surface area contributed by atoms with Gasteiger partial charge >= 0.3 is 0 Å². The number of rotatable bonds is 2. The number of nitrogens with one attached hydrogen (secondary N) is 1. The first kappa shape index (κ1) is 12.6. The Morgan fingerprint density at radius 1 is 1.26 bits per heavy atom. The summed E-state index contributed by atoms with van der Waals surface area (Å²) >= 11 is 0. The predicted molar refractivity (Wildman–Crippen MR) is 75.2 cm³/mol. The molecule has 0 aromatic carbocycles. The number of fused-ring (bicyclic) bond motifs is 1. The van der Waals surface area contributed by atoms with Crippen molar-refractivity contribution in [3.8, 4) is 0 Å². The molecule has 1 saturated heterocycles. The van der Waals surface area contributed by atoms with E-state index in [0.29, 0.717) is 0 Å². The second-order valence-corrected chi connectivity index (χ2v) is 5.74. The summed E-state index contributed by atoms with van der Waals surface area (Å²) in [4.78, 5) is 7.16. The summed E-state index contributed by atoms with van der Waals surface area (Å²) in [5.74, 6) is 0.903. The standard InChI is InChI=1S/C14H21N5/c1-11-4-7-19-12(10-11)16-13(17-19)14(2,3)18-8-5-15-6-9-18/h4,7,10,15H,5-6,8-9H2,1-3H3. The van der Waals surface area contributed by atoms with Crippen LogP contribution >= 0.6 is 0 Å². The van der Waals surface area contributed by atoms with Gasteiger partial charge in [-0.1, -0.05) is 0 Å².